The molecule has 4 nitrogen and oxygen atoms in total. The average molecular weight is 239 g/mol. The summed E-state index contributed by atoms with van der Waals surface area (Å²) in [6.07, 6.45) is 5.96. The smallest absolute Gasteiger partial charge is 0.221 e. The molecule has 1 heterocycles. The number of nitrogens with zero attached hydrogens (tertiary/aromatic N) is 1. The molecule has 0 aromatic rings. The molecule has 1 aliphatic heterocycles. The van der Waals surface area contributed by atoms with Gasteiger partial charge in [-0.1, -0.05) is 12.8 Å². The molecule has 0 spiro atoms. The van der Waals surface area contributed by atoms with Crippen molar-refractivity contribution in [3.05, 3.63) is 0 Å². The van der Waals surface area contributed by atoms with Gasteiger partial charge in [-0.2, -0.15) is 0 Å². The second-order valence-corrected chi connectivity index (χ2v) is 5.30. The summed E-state index contributed by atoms with van der Waals surface area (Å²) >= 11 is 0. The lowest BCUT2D eigenvalue weighted by atomic mass is 10.1. The van der Waals surface area contributed by atoms with E-state index in [9.17, 15) is 4.79 Å². The van der Waals surface area contributed by atoms with E-state index in [1.807, 2.05) is 0 Å². The maximum Gasteiger partial charge on any atom is 0.221 e. The average Bonchev–Trinajstić information content (AvgIpc) is 2.88. The lowest BCUT2D eigenvalue weighted by Gasteiger charge is -2.26. The molecule has 0 bridgehead atoms. The largest absolute Gasteiger partial charge is 0.356 e. The van der Waals surface area contributed by atoms with Crippen molar-refractivity contribution < 1.29 is 4.79 Å². The molecule has 0 aromatic carbocycles. The minimum Gasteiger partial charge on any atom is -0.356 e. The van der Waals surface area contributed by atoms with E-state index in [4.69, 9.17) is 0 Å². The van der Waals surface area contributed by atoms with Crippen LogP contribution in [-0.2, 0) is 4.79 Å². The Bertz CT molecular complexity index is 233. The van der Waals surface area contributed by atoms with Gasteiger partial charge in [0, 0.05) is 45.7 Å². The zero-order chi connectivity index (χ0) is 11.9. The summed E-state index contributed by atoms with van der Waals surface area (Å²) in [5.74, 6) is 0.980. The Hall–Kier alpha value is -0.610. The molecule has 0 radical (unpaired) electrons. The summed E-state index contributed by atoms with van der Waals surface area (Å²) in [5, 5.41) is 6.41. The first-order valence-corrected chi connectivity index (χ1v) is 7.04. The SMILES string of the molecule is O=C(CCN1CCNCC1)NCC1CCCC1. The number of amides is 1. The van der Waals surface area contributed by atoms with Crippen molar-refractivity contribution >= 4 is 5.91 Å². The van der Waals surface area contributed by atoms with Crippen LogP contribution in [0.25, 0.3) is 0 Å². The van der Waals surface area contributed by atoms with E-state index in [2.05, 4.69) is 15.5 Å². The van der Waals surface area contributed by atoms with Gasteiger partial charge >= 0.3 is 0 Å². The lowest BCUT2D eigenvalue weighted by Crippen LogP contribution is -2.44. The monoisotopic (exact) mass is 239 g/mol. The molecular formula is C13H25N3O. The molecule has 98 valence electrons. The molecule has 0 aromatic heterocycles. The topological polar surface area (TPSA) is 44.4 Å². The Morgan fingerprint density at radius 3 is 2.65 bits per heavy atom. The van der Waals surface area contributed by atoms with Gasteiger partial charge in [0.25, 0.3) is 0 Å². The third-order valence-corrected chi connectivity index (χ3v) is 3.93. The molecule has 2 aliphatic rings. The summed E-state index contributed by atoms with van der Waals surface area (Å²) in [4.78, 5) is 14.1. The second kappa shape index (κ2) is 6.97. The third kappa shape index (κ3) is 4.64. The fourth-order valence-electron chi connectivity index (χ4n) is 2.76. The Kier molecular flexibility index (Phi) is 5.26. The van der Waals surface area contributed by atoms with E-state index in [-0.39, 0.29) is 5.91 Å². The highest BCUT2D eigenvalue weighted by Gasteiger charge is 2.16. The molecule has 17 heavy (non-hydrogen) atoms. The zero-order valence-electron chi connectivity index (χ0n) is 10.7. The first-order valence-electron chi connectivity index (χ1n) is 7.04. The molecule has 2 fully saturated rings. The van der Waals surface area contributed by atoms with Gasteiger partial charge in [0.2, 0.25) is 5.91 Å². The highest BCUT2D eigenvalue weighted by molar-refractivity contribution is 5.76. The molecule has 2 N–H and O–H groups in total. The first-order chi connectivity index (χ1) is 8.34. The quantitative estimate of drug-likeness (QED) is 0.738. The second-order valence-electron chi connectivity index (χ2n) is 5.30. The molecule has 0 atom stereocenters. The van der Waals surface area contributed by atoms with E-state index in [0.29, 0.717) is 6.42 Å². The minimum absolute atomic E-state index is 0.232. The van der Waals surface area contributed by atoms with Crippen molar-refractivity contribution in [2.45, 2.75) is 32.1 Å². The predicted molar refractivity (Wildman–Crippen MR) is 68.9 cm³/mol. The number of carbonyl (C=O) groups is 1. The predicted octanol–water partition coefficient (Wildman–Crippen LogP) is 0.588. The van der Waals surface area contributed by atoms with Crippen molar-refractivity contribution in [2.24, 2.45) is 5.92 Å². The lowest BCUT2D eigenvalue weighted by molar-refractivity contribution is -0.121. The molecule has 2 rings (SSSR count). The molecule has 4 heteroatoms. The number of nitrogens with one attached hydrogen (secondary N) is 2. The van der Waals surface area contributed by atoms with E-state index in [1.54, 1.807) is 0 Å². The summed E-state index contributed by atoms with van der Waals surface area (Å²) in [6, 6.07) is 0. The van der Waals surface area contributed by atoms with E-state index >= 15 is 0 Å². The molecule has 1 saturated carbocycles. The van der Waals surface area contributed by atoms with Gasteiger partial charge in [0.1, 0.15) is 0 Å². The van der Waals surface area contributed by atoms with Crippen LogP contribution in [0, 0.1) is 5.92 Å². The van der Waals surface area contributed by atoms with Crippen LogP contribution in [0.4, 0.5) is 0 Å². The Morgan fingerprint density at radius 1 is 1.24 bits per heavy atom. The van der Waals surface area contributed by atoms with Crippen LogP contribution in [0.5, 0.6) is 0 Å². The maximum atomic E-state index is 11.7. The van der Waals surface area contributed by atoms with Crippen LogP contribution in [0.2, 0.25) is 0 Å². The van der Waals surface area contributed by atoms with Crippen LogP contribution in [0.1, 0.15) is 32.1 Å². The highest BCUT2D eigenvalue weighted by atomic mass is 16.1. The highest BCUT2D eigenvalue weighted by Crippen LogP contribution is 2.23. The Balaban J connectivity index is 1.53. The van der Waals surface area contributed by atoms with Crippen molar-refractivity contribution in [2.75, 3.05) is 39.3 Å². The van der Waals surface area contributed by atoms with Gasteiger partial charge in [-0.25, -0.2) is 0 Å². The molecule has 1 amide bonds. The number of carbonyl (C=O) groups excluding carboxylic acids is 1. The Labute approximate surface area is 104 Å². The van der Waals surface area contributed by atoms with Crippen molar-refractivity contribution in [3.8, 4) is 0 Å². The fraction of sp³-hybridized carbons (Fsp3) is 0.923. The van der Waals surface area contributed by atoms with Crippen LogP contribution in [0.15, 0.2) is 0 Å². The van der Waals surface area contributed by atoms with E-state index < -0.39 is 0 Å². The fourth-order valence-corrected chi connectivity index (χ4v) is 2.76. The number of hydrogen-bond donors (Lipinski definition) is 2. The Morgan fingerprint density at radius 2 is 1.94 bits per heavy atom. The van der Waals surface area contributed by atoms with Crippen LogP contribution in [-0.4, -0.2) is 50.1 Å². The minimum atomic E-state index is 0.232. The number of hydrogen-bond acceptors (Lipinski definition) is 3. The number of piperazine rings is 1. The van der Waals surface area contributed by atoms with Crippen molar-refractivity contribution in [1.29, 1.82) is 0 Å². The van der Waals surface area contributed by atoms with Crippen molar-refractivity contribution in [1.82, 2.24) is 15.5 Å². The van der Waals surface area contributed by atoms with Crippen molar-refractivity contribution in [3.63, 3.8) is 0 Å². The molecular weight excluding hydrogens is 214 g/mol. The molecule has 0 unspecified atom stereocenters. The van der Waals surface area contributed by atoms with Gasteiger partial charge in [0.15, 0.2) is 0 Å². The third-order valence-electron chi connectivity index (χ3n) is 3.93. The van der Waals surface area contributed by atoms with Gasteiger partial charge in [-0.15, -0.1) is 0 Å². The number of rotatable bonds is 5. The van der Waals surface area contributed by atoms with E-state index in [0.717, 1.165) is 45.2 Å². The van der Waals surface area contributed by atoms with Gasteiger partial charge in [-0.3, -0.25) is 4.79 Å². The van der Waals surface area contributed by atoms with Crippen LogP contribution < -0.4 is 10.6 Å². The summed E-state index contributed by atoms with van der Waals surface area (Å²) < 4.78 is 0. The normalized spacial score (nSPS) is 22.8. The summed E-state index contributed by atoms with van der Waals surface area (Å²) in [6.45, 7) is 6.10. The standard InChI is InChI=1S/C13H25N3O/c17-13(15-11-12-3-1-2-4-12)5-8-16-9-6-14-7-10-16/h12,14H,1-11H2,(H,15,17). The maximum absolute atomic E-state index is 11.7. The molecule has 1 aliphatic carbocycles. The van der Waals surface area contributed by atoms with Gasteiger partial charge < -0.3 is 15.5 Å². The molecule has 1 saturated heterocycles. The summed E-state index contributed by atoms with van der Waals surface area (Å²) in [5.41, 5.74) is 0. The van der Waals surface area contributed by atoms with Gasteiger partial charge in [0.05, 0.1) is 0 Å². The van der Waals surface area contributed by atoms with Gasteiger partial charge in [-0.05, 0) is 18.8 Å². The van der Waals surface area contributed by atoms with Crippen LogP contribution in [0.3, 0.4) is 0 Å². The zero-order valence-corrected chi connectivity index (χ0v) is 10.7. The first kappa shape index (κ1) is 12.8. The van der Waals surface area contributed by atoms with Crippen LogP contribution >= 0.6 is 0 Å². The van der Waals surface area contributed by atoms with E-state index in [1.165, 1.54) is 25.7 Å². The summed E-state index contributed by atoms with van der Waals surface area (Å²) in [7, 11) is 0.